The molecular weight excluding hydrogens is 374 g/mol. The lowest BCUT2D eigenvalue weighted by molar-refractivity contribution is -0.121. The molecule has 0 spiro atoms. The maximum absolute atomic E-state index is 12.8. The minimum Gasteiger partial charge on any atom is -0.493 e. The molecule has 1 unspecified atom stereocenters. The zero-order valence-corrected chi connectivity index (χ0v) is 17.3. The Morgan fingerprint density at radius 3 is 2.52 bits per heavy atom. The number of urea groups is 1. The fourth-order valence-electron chi connectivity index (χ4n) is 3.82. The van der Waals surface area contributed by atoms with Gasteiger partial charge in [0.2, 0.25) is 5.91 Å². The average molecular weight is 405 g/mol. The van der Waals surface area contributed by atoms with Gasteiger partial charge >= 0.3 is 6.03 Å². The van der Waals surface area contributed by atoms with Gasteiger partial charge in [0.25, 0.3) is 0 Å². The van der Waals surface area contributed by atoms with Gasteiger partial charge in [-0.05, 0) is 37.8 Å². The molecule has 29 heavy (non-hydrogen) atoms. The minimum atomic E-state index is -0.213. The zero-order valence-electron chi connectivity index (χ0n) is 17.3. The molecule has 2 heterocycles. The van der Waals surface area contributed by atoms with Crippen molar-refractivity contribution >= 4 is 17.6 Å². The van der Waals surface area contributed by atoms with E-state index in [1.165, 1.54) is 0 Å². The van der Waals surface area contributed by atoms with E-state index < -0.39 is 0 Å². The Kier molecular flexibility index (Phi) is 7.57. The smallest absolute Gasteiger partial charge is 0.320 e. The number of ether oxygens (including phenoxy) is 3. The fraction of sp³-hybridized carbons (Fsp3) is 0.619. The quantitative estimate of drug-likeness (QED) is 0.706. The van der Waals surface area contributed by atoms with Gasteiger partial charge in [-0.1, -0.05) is 0 Å². The maximum atomic E-state index is 12.8. The first-order valence-corrected chi connectivity index (χ1v) is 10.3. The van der Waals surface area contributed by atoms with Gasteiger partial charge in [0, 0.05) is 45.0 Å². The third-order valence-corrected chi connectivity index (χ3v) is 5.42. The van der Waals surface area contributed by atoms with Crippen LogP contribution in [0, 0.1) is 5.92 Å². The van der Waals surface area contributed by atoms with Crippen LogP contribution in [0.25, 0.3) is 0 Å². The van der Waals surface area contributed by atoms with Crippen molar-refractivity contribution in [2.45, 2.75) is 25.7 Å². The van der Waals surface area contributed by atoms with Gasteiger partial charge in [0.15, 0.2) is 11.5 Å². The number of nitrogens with zero attached hydrogens (tertiary/aromatic N) is 2. The lowest BCUT2D eigenvalue weighted by Crippen LogP contribution is -2.48. The first kappa shape index (κ1) is 21.2. The standard InChI is InChI=1S/C21H31N3O5/c1-27-12-13-29-19-14-17(7-8-18(19)28-2)22-20(25)16-6-5-11-24(15-16)21(26)23-9-3-4-10-23/h7-8,14,16H,3-6,9-13,15H2,1-2H3,(H,22,25). The van der Waals surface area contributed by atoms with Gasteiger partial charge in [-0.3, -0.25) is 4.79 Å². The summed E-state index contributed by atoms with van der Waals surface area (Å²) in [6, 6.07) is 5.37. The van der Waals surface area contributed by atoms with Crippen LogP contribution in [0.1, 0.15) is 25.7 Å². The van der Waals surface area contributed by atoms with Crippen LogP contribution in [0.4, 0.5) is 10.5 Å². The normalized spacial score (nSPS) is 19.2. The molecule has 0 bridgehead atoms. The van der Waals surface area contributed by atoms with Gasteiger partial charge in [-0.15, -0.1) is 0 Å². The Balaban J connectivity index is 1.60. The molecule has 2 aliphatic heterocycles. The zero-order chi connectivity index (χ0) is 20.6. The summed E-state index contributed by atoms with van der Waals surface area (Å²) in [7, 11) is 3.18. The van der Waals surface area contributed by atoms with Crippen molar-refractivity contribution in [1.82, 2.24) is 9.80 Å². The maximum Gasteiger partial charge on any atom is 0.320 e. The summed E-state index contributed by atoms with van der Waals surface area (Å²) in [6.07, 6.45) is 3.75. The van der Waals surface area contributed by atoms with Crippen LogP contribution in [-0.4, -0.2) is 75.4 Å². The number of hydrogen-bond acceptors (Lipinski definition) is 5. The highest BCUT2D eigenvalue weighted by molar-refractivity contribution is 5.93. The molecule has 1 atom stereocenters. The highest BCUT2D eigenvalue weighted by Gasteiger charge is 2.31. The molecule has 0 aromatic heterocycles. The minimum absolute atomic E-state index is 0.0678. The van der Waals surface area contributed by atoms with E-state index in [9.17, 15) is 9.59 Å². The lowest BCUT2D eigenvalue weighted by atomic mass is 9.97. The molecule has 1 aromatic rings. The number of benzene rings is 1. The summed E-state index contributed by atoms with van der Waals surface area (Å²) in [5.74, 6) is 0.864. The molecule has 2 saturated heterocycles. The van der Waals surface area contributed by atoms with E-state index >= 15 is 0 Å². The topological polar surface area (TPSA) is 80.3 Å². The van der Waals surface area contributed by atoms with Gasteiger partial charge in [-0.25, -0.2) is 4.79 Å². The van der Waals surface area contributed by atoms with Crippen molar-refractivity contribution in [3.05, 3.63) is 18.2 Å². The first-order chi connectivity index (χ1) is 14.1. The molecule has 3 amide bonds. The predicted molar refractivity (Wildman–Crippen MR) is 109 cm³/mol. The molecule has 1 aromatic carbocycles. The van der Waals surface area contributed by atoms with Crippen LogP contribution in [-0.2, 0) is 9.53 Å². The van der Waals surface area contributed by atoms with Crippen LogP contribution in [0.15, 0.2) is 18.2 Å². The van der Waals surface area contributed by atoms with E-state index in [0.717, 1.165) is 45.3 Å². The molecule has 160 valence electrons. The number of nitrogens with one attached hydrogen (secondary N) is 1. The second-order valence-corrected chi connectivity index (χ2v) is 7.46. The molecule has 1 N–H and O–H groups in total. The van der Waals surface area contributed by atoms with Crippen molar-refractivity contribution in [2.75, 3.05) is 58.9 Å². The molecule has 3 rings (SSSR count). The summed E-state index contributed by atoms with van der Waals surface area (Å²) >= 11 is 0. The van der Waals surface area contributed by atoms with Crippen LogP contribution in [0.5, 0.6) is 11.5 Å². The number of carbonyl (C=O) groups excluding carboxylic acids is 2. The molecule has 2 fully saturated rings. The van der Waals surface area contributed by atoms with Crippen LogP contribution < -0.4 is 14.8 Å². The Labute approximate surface area is 172 Å². The van der Waals surface area contributed by atoms with E-state index in [2.05, 4.69) is 5.32 Å². The predicted octanol–water partition coefficient (Wildman–Crippen LogP) is 2.59. The van der Waals surface area contributed by atoms with E-state index in [0.29, 0.717) is 36.9 Å². The van der Waals surface area contributed by atoms with Crippen molar-refractivity contribution in [2.24, 2.45) is 5.92 Å². The molecule has 2 aliphatic rings. The Hall–Kier alpha value is -2.48. The summed E-state index contributed by atoms with van der Waals surface area (Å²) in [5.41, 5.74) is 0.645. The van der Waals surface area contributed by atoms with Crippen molar-refractivity contribution in [1.29, 1.82) is 0 Å². The third kappa shape index (κ3) is 5.53. The van der Waals surface area contributed by atoms with Gasteiger partial charge in [0.05, 0.1) is 19.6 Å². The molecule has 8 nitrogen and oxygen atoms in total. The number of rotatable bonds is 7. The average Bonchev–Trinajstić information content (AvgIpc) is 3.28. The Bertz CT molecular complexity index is 706. The van der Waals surface area contributed by atoms with Crippen molar-refractivity contribution in [3.63, 3.8) is 0 Å². The summed E-state index contributed by atoms with van der Waals surface area (Å²) in [5, 5.41) is 2.97. The summed E-state index contributed by atoms with van der Waals surface area (Å²) < 4.78 is 16.0. The second kappa shape index (κ2) is 10.3. The van der Waals surface area contributed by atoms with Crippen LogP contribution in [0.2, 0.25) is 0 Å². The Morgan fingerprint density at radius 1 is 1.03 bits per heavy atom. The Morgan fingerprint density at radius 2 is 1.79 bits per heavy atom. The number of hydrogen-bond donors (Lipinski definition) is 1. The van der Waals surface area contributed by atoms with Crippen LogP contribution in [0.3, 0.4) is 0 Å². The number of carbonyl (C=O) groups is 2. The SMILES string of the molecule is COCCOc1cc(NC(=O)C2CCCN(C(=O)N3CCCC3)C2)ccc1OC. The highest BCUT2D eigenvalue weighted by Crippen LogP contribution is 2.31. The number of piperidine rings is 1. The van der Waals surface area contributed by atoms with E-state index in [-0.39, 0.29) is 17.9 Å². The molecule has 8 heteroatoms. The number of amides is 3. The number of methoxy groups -OCH3 is 2. The first-order valence-electron chi connectivity index (χ1n) is 10.3. The summed E-state index contributed by atoms with van der Waals surface area (Å²) in [4.78, 5) is 29.2. The van der Waals surface area contributed by atoms with Gasteiger partial charge < -0.3 is 29.3 Å². The molecule has 0 aliphatic carbocycles. The lowest BCUT2D eigenvalue weighted by Gasteiger charge is -2.34. The largest absolute Gasteiger partial charge is 0.493 e. The highest BCUT2D eigenvalue weighted by atomic mass is 16.5. The van der Waals surface area contributed by atoms with E-state index in [4.69, 9.17) is 14.2 Å². The third-order valence-electron chi connectivity index (χ3n) is 5.42. The monoisotopic (exact) mass is 405 g/mol. The fourth-order valence-corrected chi connectivity index (χ4v) is 3.82. The number of anilines is 1. The van der Waals surface area contributed by atoms with Crippen molar-refractivity contribution < 1.29 is 23.8 Å². The molecule has 0 saturated carbocycles. The summed E-state index contributed by atoms with van der Waals surface area (Å²) in [6.45, 7) is 3.69. The van der Waals surface area contributed by atoms with Crippen LogP contribution >= 0.6 is 0 Å². The second-order valence-electron chi connectivity index (χ2n) is 7.46. The van der Waals surface area contributed by atoms with Crippen molar-refractivity contribution in [3.8, 4) is 11.5 Å². The van der Waals surface area contributed by atoms with E-state index in [1.54, 1.807) is 32.4 Å². The van der Waals surface area contributed by atoms with Gasteiger partial charge in [-0.2, -0.15) is 0 Å². The van der Waals surface area contributed by atoms with E-state index in [1.807, 2.05) is 9.80 Å². The molecule has 0 radical (unpaired) electrons. The number of likely N-dealkylation sites (tertiary alicyclic amines) is 2. The molecular formula is C21H31N3O5. The van der Waals surface area contributed by atoms with Gasteiger partial charge in [0.1, 0.15) is 6.61 Å².